The zero-order valence-corrected chi connectivity index (χ0v) is 15.9. The van der Waals surface area contributed by atoms with Crippen molar-refractivity contribution in [1.29, 1.82) is 0 Å². The maximum Gasteiger partial charge on any atom is 0.166 e. The molecule has 0 aromatic carbocycles. The number of thiocarbonyl (C=S) groups is 1. The molecular weight excluding hydrogens is 322 g/mol. The minimum absolute atomic E-state index is 0.539. The van der Waals surface area contributed by atoms with Crippen LogP contribution in [0.4, 0.5) is 0 Å². The highest BCUT2D eigenvalue weighted by atomic mass is 32.1. The van der Waals surface area contributed by atoms with Crippen LogP contribution in [0.5, 0.6) is 0 Å². The van der Waals surface area contributed by atoms with E-state index in [-0.39, 0.29) is 0 Å². The van der Waals surface area contributed by atoms with Crippen LogP contribution < -0.4 is 10.6 Å². The topological polar surface area (TPSA) is 27.3 Å². The van der Waals surface area contributed by atoms with Crippen molar-refractivity contribution in [3.8, 4) is 0 Å². The first-order valence-electron chi connectivity index (χ1n) is 8.94. The van der Waals surface area contributed by atoms with Gasteiger partial charge in [-0.1, -0.05) is 26.3 Å². The van der Waals surface area contributed by atoms with Crippen LogP contribution in [0.2, 0.25) is 0 Å². The number of nitrogens with one attached hydrogen (secondary N) is 2. The molecule has 0 amide bonds. The van der Waals surface area contributed by atoms with Gasteiger partial charge in [0.25, 0.3) is 0 Å². The van der Waals surface area contributed by atoms with Gasteiger partial charge in [-0.25, -0.2) is 0 Å². The standard InChI is InChI=1S/C18H29N3S2/c1-13(2)11-19-18(22)20-14-9-15-5-3-6-16(10-14)21(15)12-17-7-4-8-23-17/h4,7-8,13-16H,3,5-6,9-12H2,1-2H3,(H2,19,20,22)/t15-,16-/m1/s1. The molecule has 0 unspecified atom stereocenters. The molecule has 2 fully saturated rings. The summed E-state index contributed by atoms with van der Waals surface area (Å²) in [4.78, 5) is 4.26. The summed E-state index contributed by atoms with van der Waals surface area (Å²) in [6, 6.07) is 6.42. The number of thiophene rings is 1. The van der Waals surface area contributed by atoms with Crippen molar-refractivity contribution in [1.82, 2.24) is 15.5 Å². The normalized spacial score (nSPS) is 27.9. The van der Waals surface area contributed by atoms with E-state index >= 15 is 0 Å². The van der Waals surface area contributed by atoms with Gasteiger partial charge in [-0.3, -0.25) is 4.90 Å². The monoisotopic (exact) mass is 351 g/mol. The van der Waals surface area contributed by atoms with E-state index in [0.29, 0.717) is 12.0 Å². The highest BCUT2D eigenvalue weighted by molar-refractivity contribution is 7.80. The fraction of sp³-hybridized carbons (Fsp3) is 0.722. The molecule has 1 aromatic rings. The number of hydrogen-bond donors (Lipinski definition) is 2. The smallest absolute Gasteiger partial charge is 0.166 e. The van der Waals surface area contributed by atoms with E-state index in [4.69, 9.17) is 12.2 Å². The van der Waals surface area contributed by atoms with Crippen LogP contribution in [0, 0.1) is 5.92 Å². The quantitative estimate of drug-likeness (QED) is 0.790. The van der Waals surface area contributed by atoms with Crippen molar-refractivity contribution in [2.75, 3.05) is 6.54 Å². The van der Waals surface area contributed by atoms with Crippen molar-refractivity contribution in [3.63, 3.8) is 0 Å². The van der Waals surface area contributed by atoms with Gasteiger partial charge in [-0.2, -0.15) is 0 Å². The van der Waals surface area contributed by atoms with Crippen LogP contribution in [0.25, 0.3) is 0 Å². The SMILES string of the molecule is CC(C)CNC(=S)NC1C[C@H]2CCC[C@H](C1)N2Cc1cccs1. The van der Waals surface area contributed by atoms with Crippen molar-refractivity contribution in [2.45, 2.75) is 70.6 Å². The van der Waals surface area contributed by atoms with Crippen molar-refractivity contribution in [3.05, 3.63) is 22.4 Å². The molecule has 2 N–H and O–H groups in total. The van der Waals surface area contributed by atoms with Gasteiger partial charge in [-0.15, -0.1) is 11.3 Å². The van der Waals surface area contributed by atoms with Gasteiger partial charge >= 0.3 is 0 Å². The second-order valence-electron chi connectivity index (χ2n) is 7.41. The summed E-state index contributed by atoms with van der Waals surface area (Å²) in [5.41, 5.74) is 0. The minimum atomic E-state index is 0.539. The zero-order valence-electron chi connectivity index (χ0n) is 14.3. The number of nitrogens with zero attached hydrogens (tertiary/aromatic N) is 1. The fourth-order valence-corrected chi connectivity index (χ4v) is 4.93. The van der Waals surface area contributed by atoms with Crippen molar-refractivity contribution < 1.29 is 0 Å². The molecule has 5 heteroatoms. The Kier molecular flexibility index (Phi) is 5.94. The third kappa shape index (κ3) is 4.68. The molecule has 0 radical (unpaired) electrons. The first-order valence-corrected chi connectivity index (χ1v) is 10.2. The molecule has 1 aromatic heterocycles. The number of piperidine rings is 2. The lowest BCUT2D eigenvalue weighted by atomic mass is 9.81. The molecule has 2 aliphatic heterocycles. The Labute approximate surface area is 149 Å². The number of fused-ring (bicyclic) bond motifs is 2. The average Bonchev–Trinajstić information content (AvgIpc) is 2.99. The molecular formula is C18H29N3S2. The molecule has 2 aliphatic rings. The summed E-state index contributed by atoms with van der Waals surface area (Å²) in [5.74, 6) is 0.627. The van der Waals surface area contributed by atoms with E-state index in [1.54, 1.807) is 0 Å². The van der Waals surface area contributed by atoms with Crippen molar-refractivity contribution in [2.24, 2.45) is 5.92 Å². The van der Waals surface area contributed by atoms with E-state index in [1.165, 1.54) is 37.0 Å². The van der Waals surface area contributed by atoms with Gasteiger partial charge in [0.05, 0.1) is 0 Å². The van der Waals surface area contributed by atoms with Gasteiger partial charge < -0.3 is 10.6 Å². The summed E-state index contributed by atoms with van der Waals surface area (Å²) in [6.45, 7) is 6.51. The molecule has 23 heavy (non-hydrogen) atoms. The first-order chi connectivity index (χ1) is 11.1. The van der Waals surface area contributed by atoms with Gasteiger partial charge in [0.1, 0.15) is 0 Å². The summed E-state index contributed by atoms with van der Waals surface area (Å²) in [6.07, 6.45) is 6.52. The van der Waals surface area contributed by atoms with E-state index < -0.39 is 0 Å². The second-order valence-corrected chi connectivity index (χ2v) is 8.85. The third-order valence-corrected chi connectivity index (χ3v) is 6.17. The van der Waals surface area contributed by atoms with Crippen LogP contribution in [0.3, 0.4) is 0 Å². The molecule has 2 bridgehead atoms. The highest BCUT2D eigenvalue weighted by Crippen LogP contribution is 2.35. The molecule has 0 saturated carbocycles. The Hall–Kier alpha value is -0.650. The van der Waals surface area contributed by atoms with Crippen LogP contribution >= 0.6 is 23.6 Å². The zero-order chi connectivity index (χ0) is 16.2. The Bertz CT molecular complexity index is 486. The van der Waals surface area contributed by atoms with E-state index in [1.807, 2.05) is 11.3 Å². The fourth-order valence-electron chi connectivity index (χ4n) is 3.97. The van der Waals surface area contributed by atoms with Crippen LogP contribution in [0.1, 0.15) is 50.8 Å². The lowest BCUT2D eigenvalue weighted by Crippen LogP contribution is -2.57. The number of hydrogen-bond acceptors (Lipinski definition) is 3. The van der Waals surface area contributed by atoms with Crippen LogP contribution in [0.15, 0.2) is 17.5 Å². The molecule has 0 spiro atoms. The summed E-state index contributed by atoms with van der Waals surface area (Å²) >= 11 is 7.36. The molecule has 3 heterocycles. The average molecular weight is 352 g/mol. The minimum Gasteiger partial charge on any atom is -0.362 e. The number of rotatable bonds is 5. The maximum absolute atomic E-state index is 5.47. The van der Waals surface area contributed by atoms with Crippen LogP contribution in [-0.2, 0) is 6.54 Å². The van der Waals surface area contributed by atoms with Gasteiger partial charge in [-0.05, 0) is 55.3 Å². The summed E-state index contributed by atoms with van der Waals surface area (Å²) in [5, 5.41) is 9.96. The molecule has 3 rings (SSSR count). The second kappa shape index (κ2) is 7.95. The first kappa shape index (κ1) is 17.2. The highest BCUT2D eigenvalue weighted by Gasteiger charge is 2.38. The molecule has 3 nitrogen and oxygen atoms in total. The Morgan fingerprint density at radius 2 is 2.09 bits per heavy atom. The predicted octanol–water partition coefficient (Wildman–Crippen LogP) is 3.75. The summed E-state index contributed by atoms with van der Waals surface area (Å²) in [7, 11) is 0. The Balaban J connectivity index is 1.54. The summed E-state index contributed by atoms with van der Waals surface area (Å²) < 4.78 is 0. The van der Waals surface area contributed by atoms with E-state index in [2.05, 4.69) is 46.9 Å². The van der Waals surface area contributed by atoms with Crippen LogP contribution in [-0.4, -0.2) is 34.7 Å². The Morgan fingerprint density at radius 1 is 1.35 bits per heavy atom. The lowest BCUT2D eigenvalue weighted by molar-refractivity contribution is 0.0218. The van der Waals surface area contributed by atoms with Gasteiger partial charge in [0, 0.05) is 36.1 Å². The molecule has 2 atom stereocenters. The molecule has 2 saturated heterocycles. The van der Waals surface area contributed by atoms with E-state index in [9.17, 15) is 0 Å². The van der Waals surface area contributed by atoms with Crippen molar-refractivity contribution >= 4 is 28.7 Å². The molecule has 0 aliphatic carbocycles. The van der Waals surface area contributed by atoms with Gasteiger partial charge in [0.15, 0.2) is 5.11 Å². The van der Waals surface area contributed by atoms with Gasteiger partial charge in [0.2, 0.25) is 0 Å². The predicted molar refractivity (Wildman–Crippen MR) is 103 cm³/mol. The largest absolute Gasteiger partial charge is 0.362 e. The molecule has 128 valence electrons. The Morgan fingerprint density at radius 3 is 2.70 bits per heavy atom. The lowest BCUT2D eigenvalue weighted by Gasteiger charge is -2.49. The van der Waals surface area contributed by atoms with E-state index in [0.717, 1.165) is 30.3 Å². The maximum atomic E-state index is 5.47. The third-order valence-electron chi connectivity index (χ3n) is 5.05.